The molecule has 1 amide bonds. The van der Waals surface area contributed by atoms with Crippen molar-refractivity contribution in [2.75, 3.05) is 6.54 Å². The van der Waals surface area contributed by atoms with E-state index in [2.05, 4.69) is 0 Å². The summed E-state index contributed by atoms with van der Waals surface area (Å²) in [5, 5.41) is 10.3. The number of nitrogens with two attached hydrogens (primary N) is 1. The molecule has 0 saturated carbocycles. The second-order valence-corrected chi connectivity index (χ2v) is 3.02. The lowest BCUT2D eigenvalue weighted by atomic mass is 9.99. The minimum Gasteiger partial charge on any atom is -0.369 e. The van der Waals surface area contributed by atoms with Gasteiger partial charge in [-0.2, -0.15) is 0 Å². The van der Waals surface area contributed by atoms with Crippen molar-refractivity contribution in [1.29, 1.82) is 0 Å². The molecule has 0 heterocycles. The molecule has 1 aromatic rings. The summed E-state index contributed by atoms with van der Waals surface area (Å²) in [6.07, 6.45) is 0. The normalized spacial score (nSPS) is 12.1. The van der Waals surface area contributed by atoms with E-state index in [1.807, 2.05) is 0 Å². The van der Waals surface area contributed by atoms with Crippen LogP contribution >= 0.6 is 0 Å². The predicted molar refractivity (Wildman–Crippen MR) is 50.2 cm³/mol. The van der Waals surface area contributed by atoms with E-state index in [9.17, 15) is 19.3 Å². The van der Waals surface area contributed by atoms with Crippen molar-refractivity contribution >= 4 is 5.91 Å². The van der Waals surface area contributed by atoms with Crippen LogP contribution < -0.4 is 5.73 Å². The van der Waals surface area contributed by atoms with E-state index in [0.29, 0.717) is 5.56 Å². The van der Waals surface area contributed by atoms with Crippen molar-refractivity contribution in [2.24, 2.45) is 5.73 Å². The van der Waals surface area contributed by atoms with E-state index < -0.39 is 29.1 Å². The molecule has 0 aliphatic carbocycles. The number of halogens is 1. The molecule has 0 fully saturated rings. The number of amides is 1. The van der Waals surface area contributed by atoms with E-state index in [4.69, 9.17) is 5.73 Å². The van der Waals surface area contributed by atoms with Crippen molar-refractivity contribution in [2.45, 2.75) is 5.92 Å². The number of nitrogens with zero attached hydrogens (tertiary/aromatic N) is 1. The van der Waals surface area contributed by atoms with Crippen LogP contribution in [0.2, 0.25) is 0 Å². The van der Waals surface area contributed by atoms with Gasteiger partial charge in [-0.1, -0.05) is 12.1 Å². The molecule has 6 heteroatoms. The van der Waals surface area contributed by atoms with Crippen LogP contribution in [0.4, 0.5) is 4.39 Å². The first kappa shape index (κ1) is 11.1. The highest BCUT2D eigenvalue weighted by Gasteiger charge is 2.23. The van der Waals surface area contributed by atoms with Crippen LogP contribution in [0.25, 0.3) is 0 Å². The van der Waals surface area contributed by atoms with Gasteiger partial charge in [0.05, 0.1) is 0 Å². The smallest absolute Gasteiger partial charge is 0.231 e. The zero-order valence-corrected chi connectivity index (χ0v) is 7.72. The van der Waals surface area contributed by atoms with Crippen molar-refractivity contribution < 1.29 is 14.1 Å². The van der Waals surface area contributed by atoms with Gasteiger partial charge in [-0.25, -0.2) is 4.39 Å². The third kappa shape index (κ3) is 3.01. The van der Waals surface area contributed by atoms with Gasteiger partial charge in [0.25, 0.3) is 0 Å². The zero-order valence-electron chi connectivity index (χ0n) is 7.72. The number of benzene rings is 1. The maximum atomic E-state index is 12.6. The first-order chi connectivity index (χ1) is 7.00. The molecule has 0 spiro atoms. The number of primary amides is 1. The molecule has 1 rings (SSSR count). The second-order valence-electron chi connectivity index (χ2n) is 3.02. The highest BCUT2D eigenvalue weighted by Crippen LogP contribution is 2.16. The standard InChI is InChI=1S/C9H9FN2O3/c10-7-3-1-6(2-4-7)8(9(11)13)5-12(14)15/h1-4,8H,5H2,(H2,11,13)/t8-/m0/s1. The first-order valence-electron chi connectivity index (χ1n) is 4.17. The molecule has 0 saturated heterocycles. The maximum Gasteiger partial charge on any atom is 0.231 e. The van der Waals surface area contributed by atoms with Gasteiger partial charge in [0.15, 0.2) is 0 Å². The summed E-state index contributed by atoms with van der Waals surface area (Å²) >= 11 is 0. The molecule has 15 heavy (non-hydrogen) atoms. The lowest BCUT2D eigenvalue weighted by Gasteiger charge is -2.08. The van der Waals surface area contributed by atoms with Gasteiger partial charge in [0.1, 0.15) is 11.7 Å². The molecule has 0 aliphatic rings. The Balaban J connectivity index is 2.94. The predicted octanol–water partition coefficient (Wildman–Crippen LogP) is 0.671. The van der Waals surface area contributed by atoms with Crippen LogP contribution in [-0.2, 0) is 4.79 Å². The van der Waals surface area contributed by atoms with Gasteiger partial charge < -0.3 is 5.73 Å². The highest BCUT2D eigenvalue weighted by atomic mass is 19.1. The lowest BCUT2D eigenvalue weighted by molar-refractivity contribution is -0.481. The number of carbonyl (C=O) groups is 1. The van der Waals surface area contributed by atoms with Crippen LogP contribution in [0, 0.1) is 15.9 Å². The number of hydrogen-bond acceptors (Lipinski definition) is 3. The van der Waals surface area contributed by atoms with E-state index >= 15 is 0 Å². The van der Waals surface area contributed by atoms with Crippen LogP contribution in [0.15, 0.2) is 24.3 Å². The Bertz CT molecular complexity index is 377. The van der Waals surface area contributed by atoms with Crippen LogP contribution in [0.5, 0.6) is 0 Å². The molecule has 0 bridgehead atoms. The molecule has 0 radical (unpaired) electrons. The largest absolute Gasteiger partial charge is 0.369 e. The second kappa shape index (κ2) is 4.50. The Morgan fingerprint density at radius 3 is 2.40 bits per heavy atom. The van der Waals surface area contributed by atoms with Gasteiger partial charge in [-0.05, 0) is 17.7 Å². The van der Waals surface area contributed by atoms with E-state index in [1.54, 1.807) is 0 Å². The van der Waals surface area contributed by atoms with Crippen LogP contribution in [-0.4, -0.2) is 17.4 Å². The fraction of sp³-hybridized carbons (Fsp3) is 0.222. The number of hydrogen-bond donors (Lipinski definition) is 1. The molecule has 2 N–H and O–H groups in total. The number of rotatable bonds is 4. The van der Waals surface area contributed by atoms with Crippen molar-refractivity contribution in [3.8, 4) is 0 Å². The zero-order chi connectivity index (χ0) is 11.4. The monoisotopic (exact) mass is 212 g/mol. The molecular formula is C9H9FN2O3. The summed E-state index contributed by atoms with van der Waals surface area (Å²) in [5.74, 6) is -2.28. The maximum absolute atomic E-state index is 12.6. The third-order valence-corrected chi connectivity index (χ3v) is 1.95. The summed E-state index contributed by atoms with van der Waals surface area (Å²) < 4.78 is 12.6. The average Bonchev–Trinajstić information content (AvgIpc) is 2.15. The molecule has 1 atom stereocenters. The van der Waals surface area contributed by atoms with Gasteiger partial charge in [-0.15, -0.1) is 0 Å². The molecule has 0 unspecified atom stereocenters. The summed E-state index contributed by atoms with van der Waals surface area (Å²) in [6, 6.07) is 4.89. The Kier molecular flexibility index (Phi) is 3.33. The van der Waals surface area contributed by atoms with Gasteiger partial charge in [-0.3, -0.25) is 14.9 Å². The van der Waals surface area contributed by atoms with E-state index in [-0.39, 0.29) is 0 Å². The van der Waals surface area contributed by atoms with E-state index in [1.165, 1.54) is 12.1 Å². The van der Waals surface area contributed by atoms with Crippen molar-refractivity contribution in [3.05, 3.63) is 45.8 Å². The highest BCUT2D eigenvalue weighted by molar-refractivity contribution is 5.82. The average molecular weight is 212 g/mol. The van der Waals surface area contributed by atoms with Gasteiger partial charge in [0.2, 0.25) is 12.5 Å². The summed E-state index contributed by atoms with van der Waals surface area (Å²) in [6.45, 7) is -0.582. The van der Waals surface area contributed by atoms with Crippen LogP contribution in [0.3, 0.4) is 0 Å². The molecular weight excluding hydrogens is 203 g/mol. The minimum atomic E-state index is -1.01. The Labute approximate surface area is 84.8 Å². The quantitative estimate of drug-likeness (QED) is 0.587. The summed E-state index contributed by atoms with van der Waals surface area (Å²) in [5.41, 5.74) is 5.37. The summed E-state index contributed by atoms with van der Waals surface area (Å²) in [4.78, 5) is 20.6. The number of nitro groups is 1. The SMILES string of the molecule is NC(=O)[C@@H](C[N+](=O)[O-])c1ccc(F)cc1. The van der Waals surface area contributed by atoms with Gasteiger partial charge >= 0.3 is 0 Å². The molecule has 0 aromatic heterocycles. The topological polar surface area (TPSA) is 86.2 Å². The minimum absolute atomic E-state index is 0.348. The fourth-order valence-corrected chi connectivity index (χ4v) is 1.20. The third-order valence-electron chi connectivity index (χ3n) is 1.95. The molecule has 80 valence electrons. The number of carbonyl (C=O) groups excluding carboxylic acids is 1. The Hall–Kier alpha value is -1.98. The Morgan fingerprint density at radius 1 is 1.47 bits per heavy atom. The Morgan fingerprint density at radius 2 is 2.00 bits per heavy atom. The molecule has 0 aliphatic heterocycles. The van der Waals surface area contributed by atoms with E-state index in [0.717, 1.165) is 12.1 Å². The fourth-order valence-electron chi connectivity index (χ4n) is 1.20. The lowest BCUT2D eigenvalue weighted by Crippen LogP contribution is -2.27. The van der Waals surface area contributed by atoms with Crippen molar-refractivity contribution in [1.82, 2.24) is 0 Å². The first-order valence-corrected chi connectivity index (χ1v) is 4.17. The van der Waals surface area contributed by atoms with Crippen LogP contribution in [0.1, 0.15) is 11.5 Å². The van der Waals surface area contributed by atoms with Gasteiger partial charge in [0, 0.05) is 4.92 Å². The summed E-state index contributed by atoms with van der Waals surface area (Å²) in [7, 11) is 0. The molecule has 1 aromatic carbocycles. The molecule has 5 nitrogen and oxygen atoms in total. The van der Waals surface area contributed by atoms with Crippen molar-refractivity contribution in [3.63, 3.8) is 0 Å².